The Balaban J connectivity index is 0.000000980. The van der Waals surface area contributed by atoms with Crippen molar-refractivity contribution in [2.75, 3.05) is 0 Å². The minimum Gasteiger partial charge on any atom is -0.256 e. The predicted octanol–water partition coefficient (Wildman–Crippen LogP) is 3.05. The van der Waals surface area contributed by atoms with Crippen molar-refractivity contribution in [2.45, 2.75) is 6.92 Å². The van der Waals surface area contributed by atoms with E-state index in [0.717, 1.165) is 5.69 Å². The summed E-state index contributed by atoms with van der Waals surface area (Å²) in [5.41, 5.74) is 3.48. The van der Waals surface area contributed by atoms with Crippen molar-refractivity contribution >= 4 is 0 Å². The first-order chi connectivity index (χ1) is 6.36. The largest absolute Gasteiger partial charge is 0.256 e. The number of rotatable bonds is 1. The van der Waals surface area contributed by atoms with Gasteiger partial charge in [-0.3, -0.25) is 4.98 Å². The monoisotopic (exact) mass is 364 g/mol. The molecule has 0 fully saturated rings. The maximum absolute atomic E-state index is 4.28. The van der Waals surface area contributed by atoms with Crippen molar-refractivity contribution in [3.63, 3.8) is 0 Å². The number of hydrogen-bond acceptors (Lipinski definition) is 1. The van der Waals surface area contributed by atoms with Gasteiger partial charge >= 0.3 is 0 Å². The molecule has 2 aromatic rings. The van der Waals surface area contributed by atoms with Crippen LogP contribution in [0.3, 0.4) is 0 Å². The SMILES string of the molecule is Cc1ccc(-c2ccccn2)cc1.[Pt]. The van der Waals surface area contributed by atoms with E-state index in [-0.39, 0.29) is 21.1 Å². The van der Waals surface area contributed by atoms with Crippen LogP contribution in [0.15, 0.2) is 48.7 Å². The van der Waals surface area contributed by atoms with E-state index in [1.165, 1.54) is 11.1 Å². The van der Waals surface area contributed by atoms with Gasteiger partial charge in [-0.05, 0) is 19.1 Å². The first kappa shape index (κ1) is 11.1. The molecule has 0 radical (unpaired) electrons. The maximum Gasteiger partial charge on any atom is 0.0701 e. The van der Waals surface area contributed by atoms with E-state index < -0.39 is 0 Å². The summed E-state index contributed by atoms with van der Waals surface area (Å²) in [7, 11) is 0. The van der Waals surface area contributed by atoms with Crippen LogP contribution < -0.4 is 0 Å². The van der Waals surface area contributed by atoms with Crippen molar-refractivity contribution in [3.8, 4) is 11.3 Å². The zero-order valence-corrected chi connectivity index (χ0v) is 10.2. The summed E-state index contributed by atoms with van der Waals surface area (Å²) in [6, 6.07) is 14.3. The average molecular weight is 364 g/mol. The minimum atomic E-state index is 0. The Morgan fingerprint density at radius 1 is 0.929 bits per heavy atom. The van der Waals surface area contributed by atoms with E-state index >= 15 is 0 Å². The normalized spacial score (nSPS) is 9.21. The molecule has 1 nitrogen and oxygen atoms in total. The van der Waals surface area contributed by atoms with Crippen LogP contribution in [0.4, 0.5) is 0 Å². The molecular weight excluding hydrogens is 353 g/mol. The molecule has 0 aliphatic carbocycles. The zero-order valence-electron chi connectivity index (χ0n) is 7.88. The number of pyridine rings is 1. The Bertz CT molecular complexity index is 381. The van der Waals surface area contributed by atoms with Crippen molar-refractivity contribution in [2.24, 2.45) is 0 Å². The summed E-state index contributed by atoms with van der Waals surface area (Å²) >= 11 is 0. The van der Waals surface area contributed by atoms with Gasteiger partial charge in [0.2, 0.25) is 0 Å². The van der Waals surface area contributed by atoms with Gasteiger partial charge in [-0.15, -0.1) is 0 Å². The maximum atomic E-state index is 4.28. The summed E-state index contributed by atoms with van der Waals surface area (Å²) in [4.78, 5) is 4.28. The Hall–Kier alpha value is -0.942. The minimum absolute atomic E-state index is 0. The summed E-state index contributed by atoms with van der Waals surface area (Å²) in [6.07, 6.45) is 1.81. The number of hydrogen-bond donors (Lipinski definition) is 0. The molecule has 0 aliphatic heterocycles. The molecule has 0 unspecified atom stereocenters. The van der Waals surface area contributed by atoms with Gasteiger partial charge in [-0.25, -0.2) is 0 Å². The molecule has 0 saturated heterocycles. The predicted molar refractivity (Wildman–Crippen MR) is 54.4 cm³/mol. The van der Waals surface area contributed by atoms with Crippen LogP contribution in [0, 0.1) is 6.92 Å². The molecule has 0 saturated carbocycles. The van der Waals surface area contributed by atoms with Gasteiger partial charge in [0, 0.05) is 32.8 Å². The number of benzene rings is 1. The third kappa shape index (κ3) is 2.52. The Labute approximate surface area is 98.5 Å². The van der Waals surface area contributed by atoms with Gasteiger partial charge in [-0.1, -0.05) is 35.9 Å². The van der Waals surface area contributed by atoms with Crippen LogP contribution in [0.25, 0.3) is 11.3 Å². The van der Waals surface area contributed by atoms with Gasteiger partial charge in [0.05, 0.1) is 5.69 Å². The van der Waals surface area contributed by atoms with Crippen molar-refractivity contribution < 1.29 is 21.1 Å². The summed E-state index contributed by atoms with van der Waals surface area (Å²) in [5, 5.41) is 0. The Kier molecular flexibility index (Phi) is 4.03. The zero-order chi connectivity index (χ0) is 9.10. The fraction of sp³-hybridized carbons (Fsp3) is 0.0833. The topological polar surface area (TPSA) is 12.9 Å². The quantitative estimate of drug-likeness (QED) is 0.758. The smallest absolute Gasteiger partial charge is 0.0701 e. The second kappa shape index (κ2) is 5.07. The molecule has 74 valence electrons. The summed E-state index contributed by atoms with van der Waals surface area (Å²) < 4.78 is 0. The van der Waals surface area contributed by atoms with E-state index in [2.05, 4.69) is 36.2 Å². The van der Waals surface area contributed by atoms with Crippen LogP contribution in [-0.4, -0.2) is 4.98 Å². The van der Waals surface area contributed by atoms with Gasteiger partial charge in [-0.2, -0.15) is 0 Å². The van der Waals surface area contributed by atoms with E-state index in [9.17, 15) is 0 Å². The van der Waals surface area contributed by atoms with E-state index in [4.69, 9.17) is 0 Å². The second-order valence-corrected chi connectivity index (χ2v) is 3.08. The van der Waals surface area contributed by atoms with Gasteiger partial charge < -0.3 is 0 Å². The van der Waals surface area contributed by atoms with E-state index in [0.29, 0.717) is 0 Å². The number of aromatic nitrogens is 1. The molecule has 0 amide bonds. The average Bonchev–Trinajstić information content (AvgIpc) is 2.20. The molecule has 1 heterocycles. The molecule has 0 bridgehead atoms. The number of aryl methyl sites for hydroxylation is 1. The van der Waals surface area contributed by atoms with Crippen LogP contribution in [0.5, 0.6) is 0 Å². The Morgan fingerprint density at radius 2 is 1.64 bits per heavy atom. The van der Waals surface area contributed by atoms with Gasteiger partial charge in [0.25, 0.3) is 0 Å². The fourth-order valence-electron chi connectivity index (χ4n) is 1.26. The third-order valence-electron chi connectivity index (χ3n) is 2.01. The van der Waals surface area contributed by atoms with Crippen molar-refractivity contribution in [1.82, 2.24) is 4.98 Å². The molecule has 14 heavy (non-hydrogen) atoms. The molecule has 0 atom stereocenters. The van der Waals surface area contributed by atoms with Crippen LogP contribution in [0.2, 0.25) is 0 Å². The molecule has 1 aromatic carbocycles. The molecule has 0 aliphatic rings. The summed E-state index contributed by atoms with van der Waals surface area (Å²) in [6.45, 7) is 2.09. The fourth-order valence-corrected chi connectivity index (χ4v) is 1.26. The molecule has 2 rings (SSSR count). The van der Waals surface area contributed by atoms with E-state index in [1.54, 1.807) is 0 Å². The summed E-state index contributed by atoms with van der Waals surface area (Å²) in [5.74, 6) is 0. The first-order valence-corrected chi connectivity index (χ1v) is 4.34. The standard InChI is InChI=1S/C12H11N.Pt/c1-10-5-7-11(8-6-10)12-4-2-3-9-13-12;/h2-9H,1H3;. The number of nitrogens with zero attached hydrogens (tertiary/aromatic N) is 1. The van der Waals surface area contributed by atoms with Crippen molar-refractivity contribution in [1.29, 1.82) is 0 Å². The van der Waals surface area contributed by atoms with Crippen molar-refractivity contribution in [3.05, 3.63) is 54.2 Å². The second-order valence-electron chi connectivity index (χ2n) is 3.08. The molecule has 1 aromatic heterocycles. The van der Waals surface area contributed by atoms with Crippen LogP contribution in [0.1, 0.15) is 5.56 Å². The van der Waals surface area contributed by atoms with E-state index in [1.807, 2.05) is 24.4 Å². The first-order valence-electron chi connectivity index (χ1n) is 4.34. The van der Waals surface area contributed by atoms with Gasteiger partial charge in [0.1, 0.15) is 0 Å². The molecule has 0 spiro atoms. The molecule has 2 heteroatoms. The Morgan fingerprint density at radius 3 is 2.21 bits per heavy atom. The molecular formula is C12H11NPt. The van der Waals surface area contributed by atoms with Gasteiger partial charge in [0.15, 0.2) is 0 Å². The molecule has 0 N–H and O–H groups in total. The third-order valence-corrected chi connectivity index (χ3v) is 2.01. The van der Waals surface area contributed by atoms with Crippen LogP contribution in [-0.2, 0) is 21.1 Å². The van der Waals surface area contributed by atoms with Crippen LogP contribution >= 0.6 is 0 Å².